The van der Waals surface area contributed by atoms with Gasteiger partial charge in [0, 0.05) is 18.9 Å². The van der Waals surface area contributed by atoms with Crippen LogP contribution in [-0.2, 0) is 5.33 Å². The number of nitriles is 1. The molecule has 15 heavy (non-hydrogen) atoms. The Labute approximate surface area is 99.6 Å². The first-order valence-electron chi connectivity index (χ1n) is 5.03. The van der Waals surface area contributed by atoms with E-state index in [0.717, 1.165) is 35.1 Å². The van der Waals surface area contributed by atoms with Crippen molar-refractivity contribution in [3.63, 3.8) is 0 Å². The number of hydrogen-bond donors (Lipinski definition) is 0. The number of rotatable bonds is 4. The molecule has 0 amide bonds. The maximum absolute atomic E-state index is 9.06. The highest BCUT2D eigenvalue weighted by atomic mass is 79.9. The van der Waals surface area contributed by atoms with Crippen LogP contribution in [0.1, 0.15) is 24.5 Å². The van der Waals surface area contributed by atoms with Gasteiger partial charge >= 0.3 is 0 Å². The molecule has 0 radical (unpaired) electrons. The summed E-state index contributed by atoms with van der Waals surface area (Å²) in [5, 5.41) is 9.85. The summed E-state index contributed by atoms with van der Waals surface area (Å²) in [6.45, 7) is 3.11. The van der Waals surface area contributed by atoms with Gasteiger partial charge in [0.25, 0.3) is 0 Å². The molecule has 0 spiro atoms. The third-order valence-corrected chi connectivity index (χ3v) is 2.95. The van der Waals surface area contributed by atoms with Crippen molar-refractivity contribution in [1.29, 1.82) is 5.26 Å². The Morgan fingerprint density at radius 1 is 1.47 bits per heavy atom. The molecule has 1 aromatic carbocycles. The summed E-state index contributed by atoms with van der Waals surface area (Å²) in [5.41, 5.74) is 2.91. The first-order valence-corrected chi connectivity index (χ1v) is 6.15. The highest BCUT2D eigenvalue weighted by Crippen LogP contribution is 2.21. The largest absolute Gasteiger partial charge is 0.374 e. The Balaban J connectivity index is 3.03. The molecule has 0 N–H and O–H groups in total. The van der Waals surface area contributed by atoms with E-state index in [1.807, 2.05) is 19.2 Å². The van der Waals surface area contributed by atoms with Crippen LogP contribution in [-0.4, -0.2) is 13.6 Å². The minimum Gasteiger partial charge on any atom is -0.374 e. The minimum atomic E-state index is 0.753. The zero-order valence-electron chi connectivity index (χ0n) is 9.13. The second kappa shape index (κ2) is 5.77. The number of anilines is 1. The summed E-state index contributed by atoms with van der Waals surface area (Å²) in [6.07, 6.45) is 1.08. The number of nitrogens with zero attached hydrogens (tertiary/aromatic N) is 2. The minimum absolute atomic E-state index is 0.753. The summed E-state index contributed by atoms with van der Waals surface area (Å²) < 4.78 is 0. The van der Waals surface area contributed by atoms with Crippen LogP contribution in [0.5, 0.6) is 0 Å². The second-order valence-electron chi connectivity index (χ2n) is 3.52. The topological polar surface area (TPSA) is 27.0 Å². The van der Waals surface area contributed by atoms with Gasteiger partial charge < -0.3 is 4.90 Å². The van der Waals surface area contributed by atoms with E-state index in [-0.39, 0.29) is 0 Å². The summed E-state index contributed by atoms with van der Waals surface area (Å²) in [7, 11) is 2.02. The Kier molecular flexibility index (Phi) is 4.64. The molecule has 0 aliphatic rings. The van der Waals surface area contributed by atoms with Crippen molar-refractivity contribution in [3.8, 4) is 6.07 Å². The Hall–Kier alpha value is -1.01. The molecule has 1 aromatic rings. The van der Waals surface area contributed by atoms with Crippen molar-refractivity contribution in [3.05, 3.63) is 29.3 Å². The van der Waals surface area contributed by atoms with Crippen LogP contribution in [0.15, 0.2) is 18.2 Å². The van der Waals surface area contributed by atoms with Crippen LogP contribution in [0.2, 0.25) is 0 Å². The van der Waals surface area contributed by atoms with Crippen LogP contribution in [0.3, 0.4) is 0 Å². The lowest BCUT2D eigenvalue weighted by atomic mass is 10.1. The molecule has 0 aromatic heterocycles. The fraction of sp³-hybridized carbons (Fsp3) is 0.417. The normalized spacial score (nSPS) is 9.73. The maximum atomic E-state index is 9.06. The second-order valence-corrected chi connectivity index (χ2v) is 4.08. The fourth-order valence-electron chi connectivity index (χ4n) is 1.54. The highest BCUT2D eigenvalue weighted by Gasteiger charge is 2.06. The zero-order valence-corrected chi connectivity index (χ0v) is 10.7. The molecule has 0 bridgehead atoms. The first-order chi connectivity index (χ1) is 7.22. The molecule has 3 heteroatoms. The number of benzene rings is 1. The van der Waals surface area contributed by atoms with Crippen LogP contribution in [0, 0.1) is 11.3 Å². The molecular weight excluding hydrogens is 252 g/mol. The van der Waals surface area contributed by atoms with Gasteiger partial charge in [-0.3, -0.25) is 0 Å². The average Bonchev–Trinajstić information content (AvgIpc) is 2.28. The van der Waals surface area contributed by atoms with Crippen molar-refractivity contribution < 1.29 is 0 Å². The third-order valence-electron chi connectivity index (χ3n) is 2.31. The fourth-order valence-corrected chi connectivity index (χ4v) is 1.89. The van der Waals surface area contributed by atoms with Crippen molar-refractivity contribution >= 4 is 21.6 Å². The number of halogens is 1. The smallest absolute Gasteiger partial charge is 0.101 e. The standard InChI is InChI=1S/C12H15BrN2/c1-3-6-15(2)12-5-4-10(8-13)7-11(12)9-14/h4-5,7H,3,6,8H2,1-2H3. The molecule has 80 valence electrons. The van der Waals surface area contributed by atoms with Gasteiger partial charge in [-0.1, -0.05) is 28.9 Å². The van der Waals surface area contributed by atoms with Gasteiger partial charge in [0.1, 0.15) is 6.07 Å². The van der Waals surface area contributed by atoms with Gasteiger partial charge in [0.05, 0.1) is 11.3 Å². The lowest BCUT2D eigenvalue weighted by molar-refractivity contribution is 0.851. The summed E-state index contributed by atoms with van der Waals surface area (Å²) in [4.78, 5) is 2.12. The van der Waals surface area contributed by atoms with E-state index in [0.29, 0.717) is 0 Å². The molecule has 0 atom stereocenters. The predicted octanol–water partition coefficient (Wildman–Crippen LogP) is 3.30. The van der Waals surface area contributed by atoms with Gasteiger partial charge in [0.2, 0.25) is 0 Å². The van der Waals surface area contributed by atoms with E-state index >= 15 is 0 Å². The average molecular weight is 267 g/mol. The predicted molar refractivity (Wildman–Crippen MR) is 67.3 cm³/mol. The van der Waals surface area contributed by atoms with Crippen LogP contribution < -0.4 is 4.90 Å². The van der Waals surface area contributed by atoms with E-state index in [9.17, 15) is 0 Å². The monoisotopic (exact) mass is 266 g/mol. The summed E-state index contributed by atoms with van der Waals surface area (Å²) in [6, 6.07) is 8.26. The van der Waals surface area contributed by atoms with E-state index in [1.54, 1.807) is 0 Å². The summed E-state index contributed by atoms with van der Waals surface area (Å²) in [5.74, 6) is 0. The first kappa shape index (κ1) is 12.1. The molecular formula is C12H15BrN2. The Morgan fingerprint density at radius 2 is 2.20 bits per heavy atom. The lowest BCUT2D eigenvalue weighted by Crippen LogP contribution is -2.18. The third kappa shape index (κ3) is 2.97. The summed E-state index contributed by atoms with van der Waals surface area (Å²) >= 11 is 3.39. The molecule has 0 unspecified atom stereocenters. The van der Waals surface area contributed by atoms with E-state index < -0.39 is 0 Å². The molecule has 0 fully saturated rings. The Morgan fingerprint density at radius 3 is 2.73 bits per heavy atom. The molecule has 0 heterocycles. The van der Waals surface area contributed by atoms with Crippen molar-refractivity contribution in [2.75, 3.05) is 18.5 Å². The van der Waals surface area contributed by atoms with E-state index in [2.05, 4.69) is 39.9 Å². The van der Waals surface area contributed by atoms with Gasteiger partial charge in [-0.15, -0.1) is 0 Å². The van der Waals surface area contributed by atoms with E-state index in [4.69, 9.17) is 5.26 Å². The van der Waals surface area contributed by atoms with Gasteiger partial charge in [-0.2, -0.15) is 5.26 Å². The van der Waals surface area contributed by atoms with Gasteiger partial charge in [-0.05, 0) is 24.1 Å². The van der Waals surface area contributed by atoms with Crippen LogP contribution in [0.25, 0.3) is 0 Å². The van der Waals surface area contributed by atoms with Crippen LogP contribution in [0.4, 0.5) is 5.69 Å². The highest BCUT2D eigenvalue weighted by molar-refractivity contribution is 9.08. The molecule has 2 nitrogen and oxygen atoms in total. The van der Waals surface area contributed by atoms with Gasteiger partial charge in [-0.25, -0.2) is 0 Å². The van der Waals surface area contributed by atoms with Crippen LogP contribution >= 0.6 is 15.9 Å². The number of hydrogen-bond acceptors (Lipinski definition) is 2. The van der Waals surface area contributed by atoms with Crippen molar-refractivity contribution in [2.24, 2.45) is 0 Å². The molecule has 0 saturated heterocycles. The Bertz CT molecular complexity index is 368. The van der Waals surface area contributed by atoms with E-state index in [1.165, 1.54) is 0 Å². The number of alkyl halides is 1. The molecule has 0 aliphatic carbocycles. The maximum Gasteiger partial charge on any atom is 0.101 e. The SMILES string of the molecule is CCCN(C)c1ccc(CBr)cc1C#N. The van der Waals surface area contributed by atoms with Crippen molar-refractivity contribution in [2.45, 2.75) is 18.7 Å². The lowest BCUT2D eigenvalue weighted by Gasteiger charge is -2.19. The molecule has 0 aliphatic heterocycles. The molecule has 0 saturated carbocycles. The zero-order chi connectivity index (χ0) is 11.3. The van der Waals surface area contributed by atoms with Crippen molar-refractivity contribution in [1.82, 2.24) is 0 Å². The van der Waals surface area contributed by atoms with Gasteiger partial charge in [0.15, 0.2) is 0 Å². The quantitative estimate of drug-likeness (QED) is 0.782. The molecule has 1 rings (SSSR count).